The summed E-state index contributed by atoms with van der Waals surface area (Å²) >= 11 is 0. The minimum absolute atomic E-state index is 0.284. The Kier molecular flexibility index (Phi) is 3.36. The SMILES string of the molecule is CC1CCC(C(=O)O)(C2C=CCCC2)CC1. The molecule has 0 aromatic rings. The summed E-state index contributed by atoms with van der Waals surface area (Å²) in [4.78, 5) is 11.6. The average Bonchev–Trinajstić information content (AvgIpc) is 2.31. The molecule has 2 nitrogen and oxygen atoms in total. The zero-order valence-electron chi connectivity index (χ0n) is 10.1. The lowest BCUT2D eigenvalue weighted by atomic mass is 9.62. The van der Waals surface area contributed by atoms with E-state index >= 15 is 0 Å². The lowest BCUT2D eigenvalue weighted by molar-refractivity contribution is -0.155. The van der Waals surface area contributed by atoms with Crippen molar-refractivity contribution in [3.05, 3.63) is 12.2 Å². The van der Waals surface area contributed by atoms with Gasteiger partial charge in [0.1, 0.15) is 0 Å². The summed E-state index contributed by atoms with van der Waals surface area (Å²) in [6.07, 6.45) is 11.6. The third-order valence-corrected chi connectivity index (χ3v) is 4.56. The first-order valence-electron chi connectivity index (χ1n) is 6.55. The minimum atomic E-state index is -0.559. The first-order chi connectivity index (χ1) is 7.65. The van der Waals surface area contributed by atoms with E-state index in [1.807, 2.05) is 0 Å². The van der Waals surface area contributed by atoms with E-state index in [1.54, 1.807) is 0 Å². The number of carboxylic acid groups (broad SMARTS) is 1. The van der Waals surface area contributed by atoms with Gasteiger partial charge in [0.15, 0.2) is 0 Å². The molecule has 0 amide bonds. The van der Waals surface area contributed by atoms with E-state index in [4.69, 9.17) is 0 Å². The summed E-state index contributed by atoms with van der Waals surface area (Å²) < 4.78 is 0. The minimum Gasteiger partial charge on any atom is -0.481 e. The fourth-order valence-corrected chi connectivity index (χ4v) is 3.29. The number of aliphatic carboxylic acids is 1. The van der Waals surface area contributed by atoms with Crippen molar-refractivity contribution >= 4 is 5.97 Å². The largest absolute Gasteiger partial charge is 0.481 e. The molecule has 0 aliphatic heterocycles. The van der Waals surface area contributed by atoms with E-state index in [9.17, 15) is 9.90 Å². The predicted octanol–water partition coefficient (Wildman–Crippen LogP) is 3.62. The normalized spacial score (nSPS) is 39.6. The average molecular weight is 222 g/mol. The van der Waals surface area contributed by atoms with E-state index in [-0.39, 0.29) is 5.92 Å². The maximum atomic E-state index is 11.6. The van der Waals surface area contributed by atoms with Crippen molar-refractivity contribution in [2.24, 2.45) is 17.3 Å². The van der Waals surface area contributed by atoms with Crippen LogP contribution in [0.5, 0.6) is 0 Å². The lowest BCUT2D eigenvalue weighted by Gasteiger charge is -2.41. The van der Waals surface area contributed by atoms with Crippen LogP contribution in [0.3, 0.4) is 0 Å². The summed E-state index contributed by atoms with van der Waals surface area (Å²) in [5.74, 6) is 0.433. The molecule has 0 spiro atoms. The Balaban J connectivity index is 2.18. The predicted molar refractivity (Wildman–Crippen MR) is 64.2 cm³/mol. The van der Waals surface area contributed by atoms with Crippen LogP contribution in [0.2, 0.25) is 0 Å². The van der Waals surface area contributed by atoms with E-state index in [1.165, 1.54) is 0 Å². The van der Waals surface area contributed by atoms with Gasteiger partial charge in [0.2, 0.25) is 0 Å². The molecule has 1 unspecified atom stereocenters. The van der Waals surface area contributed by atoms with Gasteiger partial charge in [0.25, 0.3) is 0 Å². The van der Waals surface area contributed by atoms with Crippen LogP contribution in [0.4, 0.5) is 0 Å². The van der Waals surface area contributed by atoms with Gasteiger partial charge in [-0.15, -0.1) is 0 Å². The molecule has 0 bridgehead atoms. The van der Waals surface area contributed by atoms with Crippen LogP contribution in [0, 0.1) is 17.3 Å². The van der Waals surface area contributed by atoms with Gasteiger partial charge in [-0.2, -0.15) is 0 Å². The number of rotatable bonds is 2. The molecule has 90 valence electrons. The molecule has 2 aliphatic carbocycles. The van der Waals surface area contributed by atoms with E-state index in [2.05, 4.69) is 19.1 Å². The summed E-state index contributed by atoms with van der Waals surface area (Å²) in [5.41, 5.74) is -0.441. The fourth-order valence-electron chi connectivity index (χ4n) is 3.29. The van der Waals surface area contributed by atoms with Crippen molar-refractivity contribution in [2.45, 2.75) is 51.9 Å². The number of allylic oxidation sites excluding steroid dienone is 2. The molecule has 1 N–H and O–H groups in total. The van der Waals surface area contributed by atoms with Gasteiger partial charge in [-0.1, -0.05) is 19.1 Å². The molecule has 1 atom stereocenters. The molecule has 0 saturated heterocycles. The highest BCUT2D eigenvalue weighted by atomic mass is 16.4. The van der Waals surface area contributed by atoms with Crippen molar-refractivity contribution in [3.63, 3.8) is 0 Å². The Labute approximate surface area is 97.7 Å². The van der Waals surface area contributed by atoms with Crippen LogP contribution in [0.25, 0.3) is 0 Å². The molecule has 0 radical (unpaired) electrons. The highest BCUT2D eigenvalue weighted by Gasteiger charge is 2.46. The molecule has 2 rings (SSSR count). The van der Waals surface area contributed by atoms with Crippen LogP contribution >= 0.6 is 0 Å². The van der Waals surface area contributed by atoms with Crippen molar-refractivity contribution in [3.8, 4) is 0 Å². The highest BCUT2D eigenvalue weighted by Crippen LogP contribution is 2.47. The summed E-state index contributed by atoms with van der Waals surface area (Å²) in [6.45, 7) is 2.24. The summed E-state index contributed by atoms with van der Waals surface area (Å²) in [7, 11) is 0. The first kappa shape index (κ1) is 11.7. The van der Waals surface area contributed by atoms with Gasteiger partial charge in [-0.3, -0.25) is 4.79 Å². The molecule has 0 aromatic carbocycles. The van der Waals surface area contributed by atoms with E-state index in [0.717, 1.165) is 44.9 Å². The first-order valence-corrected chi connectivity index (χ1v) is 6.55. The van der Waals surface area contributed by atoms with Crippen LogP contribution in [-0.2, 0) is 4.79 Å². The number of carboxylic acids is 1. The Hall–Kier alpha value is -0.790. The third kappa shape index (κ3) is 2.02. The zero-order valence-corrected chi connectivity index (χ0v) is 10.1. The monoisotopic (exact) mass is 222 g/mol. The third-order valence-electron chi connectivity index (χ3n) is 4.56. The van der Waals surface area contributed by atoms with Gasteiger partial charge in [0.05, 0.1) is 5.41 Å². The molecule has 2 heteroatoms. The Morgan fingerprint density at radius 1 is 1.31 bits per heavy atom. The molecule has 16 heavy (non-hydrogen) atoms. The van der Waals surface area contributed by atoms with Crippen LogP contribution < -0.4 is 0 Å². The van der Waals surface area contributed by atoms with Crippen molar-refractivity contribution in [1.82, 2.24) is 0 Å². The quantitative estimate of drug-likeness (QED) is 0.724. The molecule has 0 aromatic heterocycles. The smallest absolute Gasteiger partial charge is 0.310 e. The standard InChI is InChI=1S/C14H22O2/c1-11-7-9-14(10-8-11,13(15)16)12-5-3-2-4-6-12/h3,5,11-12H,2,4,6-10H2,1H3,(H,15,16). The maximum Gasteiger partial charge on any atom is 0.310 e. The van der Waals surface area contributed by atoms with Gasteiger partial charge in [-0.25, -0.2) is 0 Å². The maximum absolute atomic E-state index is 11.6. The molecule has 1 fully saturated rings. The Morgan fingerprint density at radius 2 is 2.00 bits per heavy atom. The zero-order chi connectivity index (χ0) is 11.6. The van der Waals surface area contributed by atoms with Crippen molar-refractivity contribution in [2.75, 3.05) is 0 Å². The fraction of sp³-hybridized carbons (Fsp3) is 0.786. The van der Waals surface area contributed by atoms with Crippen LogP contribution in [0.1, 0.15) is 51.9 Å². The Morgan fingerprint density at radius 3 is 2.50 bits per heavy atom. The van der Waals surface area contributed by atoms with Crippen molar-refractivity contribution < 1.29 is 9.90 Å². The van der Waals surface area contributed by atoms with Gasteiger partial charge < -0.3 is 5.11 Å². The molecular formula is C14H22O2. The lowest BCUT2D eigenvalue weighted by Crippen LogP contribution is -2.41. The van der Waals surface area contributed by atoms with Crippen molar-refractivity contribution in [1.29, 1.82) is 0 Å². The molecule has 0 heterocycles. The molecule has 1 saturated carbocycles. The van der Waals surface area contributed by atoms with Gasteiger partial charge in [0, 0.05) is 0 Å². The summed E-state index contributed by atoms with van der Waals surface area (Å²) in [5, 5.41) is 9.59. The topological polar surface area (TPSA) is 37.3 Å². The number of carbonyl (C=O) groups is 1. The van der Waals surface area contributed by atoms with Crippen LogP contribution in [-0.4, -0.2) is 11.1 Å². The van der Waals surface area contributed by atoms with Gasteiger partial charge in [-0.05, 0) is 56.8 Å². The van der Waals surface area contributed by atoms with Gasteiger partial charge >= 0.3 is 5.97 Å². The van der Waals surface area contributed by atoms with E-state index in [0.29, 0.717) is 5.92 Å². The molecule has 2 aliphatic rings. The number of hydrogen-bond acceptors (Lipinski definition) is 1. The Bertz CT molecular complexity index is 285. The van der Waals surface area contributed by atoms with Crippen LogP contribution in [0.15, 0.2) is 12.2 Å². The van der Waals surface area contributed by atoms with E-state index < -0.39 is 11.4 Å². The summed E-state index contributed by atoms with van der Waals surface area (Å²) in [6, 6.07) is 0. The molecular weight excluding hydrogens is 200 g/mol. The second-order valence-electron chi connectivity index (χ2n) is 5.61. The highest BCUT2D eigenvalue weighted by molar-refractivity contribution is 5.75. The number of hydrogen-bond donors (Lipinski definition) is 1. The second-order valence-corrected chi connectivity index (χ2v) is 5.61. The second kappa shape index (κ2) is 4.60.